The third-order valence-electron chi connectivity index (χ3n) is 6.85. The Morgan fingerprint density at radius 1 is 1.03 bits per heavy atom. The Kier molecular flexibility index (Phi) is 7.75. The van der Waals surface area contributed by atoms with Crippen molar-refractivity contribution in [1.82, 2.24) is 9.71 Å². The molecule has 0 unspecified atom stereocenters. The molecule has 39 heavy (non-hydrogen) atoms. The van der Waals surface area contributed by atoms with Crippen LogP contribution in [-0.2, 0) is 34.3 Å². The topological polar surface area (TPSA) is 81.4 Å². The molecule has 1 aliphatic rings. The lowest BCUT2D eigenvalue weighted by Crippen LogP contribution is -2.54. The minimum absolute atomic E-state index is 0.0346. The zero-order valence-electron chi connectivity index (χ0n) is 21.2. The maximum atomic E-state index is 15.2. The summed E-state index contributed by atoms with van der Waals surface area (Å²) in [6.07, 6.45) is 3.90. The van der Waals surface area contributed by atoms with Crippen LogP contribution in [0.15, 0.2) is 77.4 Å². The molecule has 0 aliphatic heterocycles. The molecular weight excluding hydrogens is 546 g/mol. The average molecular weight is 573 g/mol. The molecule has 1 fully saturated rings. The number of alkyl halides is 1. The fourth-order valence-electron chi connectivity index (χ4n) is 5.15. The Bertz CT molecular complexity index is 1570. The zero-order valence-corrected chi connectivity index (χ0v) is 22.7. The number of sulfonamides is 1. The fourth-order valence-corrected chi connectivity index (χ4v) is 6.05. The monoisotopic (exact) mass is 572 g/mol. The third-order valence-corrected chi connectivity index (χ3v) is 7.89. The zero-order chi connectivity index (χ0) is 27.6. The third kappa shape index (κ3) is 6.16. The maximum Gasteiger partial charge on any atom is 0.208 e. The van der Waals surface area contributed by atoms with E-state index in [2.05, 4.69) is 9.71 Å². The summed E-state index contributed by atoms with van der Waals surface area (Å²) in [5.74, 6) is -0.516. The molecule has 1 N–H and O–H groups in total. The van der Waals surface area contributed by atoms with E-state index in [-0.39, 0.29) is 29.8 Å². The molecule has 1 saturated carbocycles. The quantitative estimate of drug-likeness (QED) is 0.231. The molecule has 6 nitrogen and oxygen atoms in total. The van der Waals surface area contributed by atoms with Gasteiger partial charge in [0.15, 0.2) is 11.6 Å². The smallest absolute Gasteiger partial charge is 0.208 e. The number of nitrogens with zero attached hydrogens (tertiary/aromatic N) is 1. The molecule has 1 heterocycles. The molecule has 4 aromatic rings. The van der Waals surface area contributed by atoms with E-state index < -0.39 is 27.1 Å². The summed E-state index contributed by atoms with van der Waals surface area (Å²) in [6.45, 7) is 0.126. The Balaban J connectivity index is 1.46. The van der Waals surface area contributed by atoms with Crippen LogP contribution in [0, 0.1) is 11.6 Å². The lowest BCUT2D eigenvalue weighted by Gasteiger charge is -2.45. The van der Waals surface area contributed by atoms with Crippen LogP contribution in [0.2, 0.25) is 0 Å². The maximum absolute atomic E-state index is 15.2. The Morgan fingerprint density at radius 3 is 2.49 bits per heavy atom. The minimum Gasteiger partial charge on any atom is -0.485 e. The number of benzene rings is 3. The van der Waals surface area contributed by atoms with Crippen LogP contribution in [-0.4, -0.2) is 25.7 Å². The lowest BCUT2D eigenvalue weighted by atomic mass is 9.62. The van der Waals surface area contributed by atoms with Gasteiger partial charge in [-0.05, 0) is 48.6 Å². The summed E-state index contributed by atoms with van der Waals surface area (Å²) in [6, 6.07) is 18.1. The summed E-state index contributed by atoms with van der Waals surface area (Å²) in [5, 5.41) is 0. The second kappa shape index (κ2) is 11.1. The van der Waals surface area contributed by atoms with E-state index in [9.17, 15) is 12.8 Å². The summed E-state index contributed by atoms with van der Waals surface area (Å²) < 4.78 is 67.9. The summed E-state index contributed by atoms with van der Waals surface area (Å²) in [7, 11) is -3.39. The highest BCUT2D eigenvalue weighted by atomic mass is 35.5. The van der Waals surface area contributed by atoms with Gasteiger partial charge in [0, 0.05) is 17.2 Å². The van der Waals surface area contributed by atoms with Gasteiger partial charge in [-0.25, -0.2) is 26.9 Å². The van der Waals surface area contributed by atoms with Crippen LogP contribution in [0.4, 0.5) is 8.78 Å². The molecule has 1 aliphatic carbocycles. The number of ether oxygens (including phenoxy) is 1. The SMILES string of the molecule is CS(=O)(=O)NC1CC(Cc2ccc(F)c(-c3cccc(F)c3OCc3ccccc3)c2)(c2nc(CCl)co2)C1. The van der Waals surface area contributed by atoms with Gasteiger partial charge in [-0.1, -0.05) is 48.5 Å². The summed E-state index contributed by atoms with van der Waals surface area (Å²) >= 11 is 5.93. The van der Waals surface area contributed by atoms with Crippen LogP contribution in [0.25, 0.3) is 11.1 Å². The van der Waals surface area contributed by atoms with Gasteiger partial charge in [-0.15, -0.1) is 11.6 Å². The lowest BCUT2D eigenvalue weighted by molar-refractivity contribution is 0.149. The molecule has 1 aromatic heterocycles. The number of aromatic nitrogens is 1. The van der Waals surface area contributed by atoms with Crippen molar-refractivity contribution in [3.8, 4) is 16.9 Å². The van der Waals surface area contributed by atoms with Gasteiger partial charge in [0.25, 0.3) is 0 Å². The molecule has 0 saturated heterocycles. The van der Waals surface area contributed by atoms with Crippen molar-refractivity contribution in [2.24, 2.45) is 0 Å². The molecule has 0 amide bonds. The normalized spacial score (nSPS) is 19.0. The minimum atomic E-state index is -3.39. The largest absolute Gasteiger partial charge is 0.485 e. The van der Waals surface area contributed by atoms with Crippen molar-refractivity contribution >= 4 is 21.6 Å². The van der Waals surface area contributed by atoms with Crippen LogP contribution >= 0.6 is 11.6 Å². The van der Waals surface area contributed by atoms with Crippen molar-refractivity contribution in [3.63, 3.8) is 0 Å². The molecule has 0 radical (unpaired) electrons. The van der Waals surface area contributed by atoms with E-state index >= 15 is 4.39 Å². The Morgan fingerprint density at radius 2 is 1.79 bits per heavy atom. The van der Waals surface area contributed by atoms with Crippen LogP contribution in [0.3, 0.4) is 0 Å². The Labute approximate surface area is 231 Å². The van der Waals surface area contributed by atoms with Gasteiger partial charge in [0.05, 0.1) is 23.2 Å². The number of oxazole rings is 1. The summed E-state index contributed by atoms with van der Waals surface area (Å²) in [5.41, 5.74) is 2.07. The van der Waals surface area contributed by atoms with Crippen molar-refractivity contribution in [1.29, 1.82) is 0 Å². The van der Waals surface area contributed by atoms with Gasteiger partial charge >= 0.3 is 0 Å². The van der Waals surface area contributed by atoms with E-state index in [0.29, 0.717) is 36.4 Å². The average Bonchev–Trinajstić information content (AvgIpc) is 3.37. The second-order valence-corrected chi connectivity index (χ2v) is 12.0. The first kappa shape index (κ1) is 27.3. The summed E-state index contributed by atoms with van der Waals surface area (Å²) in [4.78, 5) is 4.51. The van der Waals surface area contributed by atoms with Gasteiger partial charge < -0.3 is 9.15 Å². The van der Waals surface area contributed by atoms with Crippen molar-refractivity contribution < 1.29 is 26.4 Å². The highest BCUT2D eigenvalue weighted by Crippen LogP contribution is 2.47. The van der Waals surface area contributed by atoms with E-state index in [1.54, 1.807) is 18.2 Å². The first-order valence-corrected chi connectivity index (χ1v) is 14.8. The van der Waals surface area contributed by atoms with Gasteiger partial charge in [0.1, 0.15) is 18.7 Å². The van der Waals surface area contributed by atoms with Crippen molar-refractivity contribution in [2.45, 2.75) is 43.2 Å². The number of nitrogens with one attached hydrogen (secondary N) is 1. The number of hydrogen-bond donors (Lipinski definition) is 1. The fraction of sp³-hybridized carbons (Fsp3) is 0.276. The van der Waals surface area contributed by atoms with Gasteiger partial charge in [-0.2, -0.15) is 0 Å². The first-order valence-electron chi connectivity index (χ1n) is 12.4. The predicted octanol–water partition coefficient (Wildman–Crippen LogP) is 6.13. The van der Waals surface area contributed by atoms with Gasteiger partial charge in [0.2, 0.25) is 15.9 Å². The molecule has 0 bridgehead atoms. The predicted molar refractivity (Wildman–Crippen MR) is 145 cm³/mol. The van der Waals surface area contributed by atoms with Crippen molar-refractivity contribution in [3.05, 3.63) is 107 Å². The molecule has 5 rings (SSSR count). The van der Waals surface area contributed by atoms with E-state index in [0.717, 1.165) is 17.4 Å². The van der Waals surface area contributed by atoms with Crippen LogP contribution < -0.4 is 9.46 Å². The highest BCUT2D eigenvalue weighted by molar-refractivity contribution is 7.88. The van der Waals surface area contributed by atoms with E-state index in [4.69, 9.17) is 20.8 Å². The number of para-hydroxylation sites is 1. The second-order valence-electron chi connectivity index (χ2n) is 9.93. The van der Waals surface area contributed by atoms with Crippen LogP contribution in [0.1, 0.15) is 35.6 Å². The number of hydrogen-bond acceptors (Lipinski definition) is 5. The standard InChI is InChI=1S/C29H27ClF2N2O4S/c1-39(35,36)34-21-14-29(15-21,28-33-22(16-30)18-38-28)13-20-10-11-25(31)24(12-20)23-8-5-9-26(32)27(23)37-17-19-6-3-2-4-7-19/h2-12,18,21,34H,13-17H2,1H3. The highest BCUT2D eigenvalue weighted by Gasteiger charge is 2.50. The molecule has 0 atom stereocenters. The first-order chi connectivity index (χ1) is 18.7. The number of halogens is 3. The molecular formula is C29H27ClF2N2O4S. The van der Waals surface area contributed by atoms with Gasteiger partial charge in [-0.3, -0.25) is 0 Å². The Hall–Kier alpha value is -3.27. The van der Waals surface area contributed by atoms with E-state index in [1.165, 1.54) is 24.5 Å². The molecule has 204 valence electrons. The van der Waals surface area contributed by atoms with E-state index in [1.807, 2.05) is 30.3 Å². The molecule has 0 spiro atoms. The molecule has 3 aromatic carbocycles. The molecule has 10 heteroatoms. The number of rotatable bonds is 10. The van der Waals surface area contributed by atoms with Crippen LogP contribution in [0.5, 0.6) is 5.75 Å². The van der Waals surface area contributed by atoms with Crippen molar-refractivity contribution in [2.75, 3.05) is 6.26 Å².